The summed E-state index contributed by atoms with van der Waals surface area (Å²) in [6, 6.07) is 0. The SMILES string of the molecule is CC(C)C(=O)NCCC(C)S(C)(=O)=O. The maximum absolute atomic E-state index is 11.1. The molecule has 4 nitrogen and oxygen atoms in total. The fourth-order valence-electron chi connectivity index (χ4n) is 0.817. The van der Waals surface area contributed by atoms with Gasteiger partial charge in [-0.3, -0.25) is 4.79 Å². The van der Waals surface area contributed by atoms with Gasteiger partial charge < -0.3 is 5.32 Å². The van der Waals surface area contributed by atoms with Crippen LogP contribution in [0.3, 0.4) is 0 Å². The Bertz CT molecular complexity index is 282. The van der Waals surface area contributed by atoms with Gasteiger partial charge in [0.1, 0.15) is 9.84 Å². The summed E-state index contributed by atoms with van der Waals surface area (Å²) in [5.74, 6) is -0.0887. The van der Waals surface area contributed by atoms with Crippen molar-refractivity contribution in [3.63, 3.8) is 0 Å². The molecule has 0 aliphatic carbocycles. The first-order valence-electron chi connectivity index (χ1n) is 4.71. The number of carbonyl (C=O) groups is 1. The van der Waals surface area contributed by atoms with E-state index in [-0.39, 0.29) is 11.8 Å². The standard InChI is InChI=1S/C9H19NO3S/c1-7(2)9(11)10-6-5-8(3)14(4,12)13/h7-8H,5-6H2,1-4H3,(H,10,11). The molecule has 84 valence electrons. The second-order valence-corrected chi connectivity index (χ2v) is 6.34. The first-order chi connectivity index (χ1) is 6.25. The number of carbonyl (C=O) groups excluding carboxylic acids is 1. The molecule has 1 amide bonds. The van der Waals surface area contributed by atoms with Crippen LogP contribution in [0.1, 0.15) is 27.2 Å². The van der Waals surface area contributed by atoms with Gasteiger partial charge in [0.05, 0.1) is 5.25 Å². The highest BCUT2D eigenvalue weighted by atomic mass is 32.2. The quantitative estimate of drug-likeness (QED) is 0.738. The highest BCUT2D eigenvalue weighted by molar-refractivity contribution is 7.91. The molecular weight excluding hydrogens is 202 g/mol. The lowest BCUT2D eigenvalue weighted by Crippen LogP contribution is -2.31. The third-order valence-electron chi connectivity index (χ3n) is 2.11. The van der Waals surface area contributed by atoms with E-state index in [1.165, 1.54) is 6.26 Å². The summed E-state index contributed by atoms with van der Waals surface area (Å²) in [6.07, 6.45) is 1.68. The predicted molar refractivity (Wildman–Crippen MR) is 56.8 cm³/mol. The molecule has 1 atom stereocenters. The van der Waals surface area contributed by atoms with E-state index in [4.69, 9.17) is 0 Å². The summed E-state index contributed by atoms with van der Waals surface area (Å²) in [4.78, 5) is 11.1. The predicted octanol–water partition coefficient (Wildman–Crippen LogP) is 0.582. The molecule has 0 spiro atoms. The summed E-state index contributed by atoms with van der Waals surface area (Å²) in [5, 5.41) is 2.29. The van der Waals surface area contributed by atoms with Crippen LogP contribution in [0.15, 0.2) is 0 Å². The van der Waals surface area contributed by atoms with Gasteiger partial charge >= 0.3 is 0 Å². The maximum Gasteiger partial charge on any atom is 0.222 e. The minimum Gasteiger partial charge on any atom is -0.356 e. The lowest BCUT2D eigenvalue weighted by atomic mass is 10.2. The highest BCUT2D eigenvalue weighted by Crippen LogP contribution is 2.02. The van der Waals surface area contributed by atoms with E-state index in [9.17, 15) is 13.2 Å². The van der Waals surface area contributed by atoms with Crippen LogP contribution in [-0.4, -0.2) is 32.4 Å². The molecule has 0 bridgehead atoms. The molecule has 0 saturated heterocycles. The van der Waals surface area contributed by atoms with E-state index in [0.717, 1.165) is 0 Å². The molecule has 0 aliphatic heterocycles. The van der Waals surface area contributed by atoms with E-state index in [2.05, 4.69) is 5.32 Å². The lowest BCUT2D eigenvalue weighted by molar-refractivity contribution is -0.123. The van der Waals surface area contributed by atoms with Gasteiger partial charge in [-0.2, -0.15) is 0 Å². The Morgan fingerprint density at radius 3 is 2.14 bits per heavy atom. The molecule has 5 heteroatoms. The van der Waals surface area contributed by atoms with Crippen LogP contribution in [0.4, 0.5) is 0 Å². The zero-order valence-electron chi connectivity index (χ0n) is 9.20. The molecule has 0 rings (SSSR count). The summed E-state index contributed by atoms with van der Waals surface area (Å²) in [7, 11) is -2.97. The molecule has 0 aromatic rings. The molecule has 1 N–H and O–H groups in total. The smallest absolute Gasteiger partial charge is 0.222 e. The average Bonchev–Trinajstić information content (AvgIpc) is 2.01. The van der Waals surface area contributed by atoms with Gasteiger partial charge in [-0.1, -0.05) is 13.8 Å². The molecule has 0 fully saturated rings. The van der Waals surface area contributed by atoms with E-state index in [0.29, 0.717) is 13.0 Å². The van der Waals surface area contributed by atoms with Crippen LogP contribution in [0.5, 0.6) is 0 Å². The highest BCUT2D eigenvalue weighted by Gasteiger charge is 2.14. The monoisotopic (exact) mass is 221 g/mol. The topological polar surface area (TPSA) is 63.2 Å². The van der Waals surface area contributed by atoms with Gasteiger partial charge in [-0.15, -0.1) is 0 Å². The van der Waals surface area contributed by atoms with E-state index >= 15 is 0 Å². The number of hydrogen-bond acceptors (Lipinski definition) is 3. The van der Waals surface area contributed by atoms with Crippen molar-refractivity contribution in [2.24, 2.45) is 5.92 Å². The first kappa shape index (κ1) is 13.4. The third kappa shape index (κ3) is 5.21. The first-order valence-corrected chi connectivity index (χ1v) is 6.67. The van der Waals surface area contributed by atoms with Crippen molar-refractivity contribution < 1.29 is 13.2 Å². The van der Waals surface area contributed by atoms with Crippen molar-refractivity contribution in [1.29, 1.82) is 0 Å². The Morgan fingerprint density at radius 1 is 1.29 bits per heavy atom. The molecule has 0 radical (unpaired) electrons. The van der Waals surface area contributed by atoms with Crippen LogP contribution in [-0.2, 0) is 14.6 Å². The zero-order chi connectivity index (χ0) is 11.4. The van der Waals surface area contributed by atoms with Gasteiger partial charge in [-0.05, 0) is 13.3 Å². The van der Waals surface area contributed by atoms with Crippen LogP contribution < -0.4 is 5.32 Å². The molecule has 1 unspecified atom stereocenters. The number of hydrogen-bond donors (Lipinski definition) is 1. The third-order valence-corrected chi connectivity index (χ3v) is 3.80. The van der Waals surface area contributed by atoms with Gasteiger partial charge in [0.15, 0.2) is 0 Å². The zero-order valence-corrected chi connectivity index (χ0v) is 10.0. The summed E-state index contributed by atoms with van der Waals surface area (Å²) < 4.78 is 22.1. The number of nitrogens with one attached hydrogen (secondary N) is 1. The van der Waals surface area contributed by atoms with Crippen LogP contribution in [0.25, 0.3) is 0 Å². The fraction of sp³-hybridized carbons (Fsp3) is 0.889. The van der Waals surface area contributed by atoms with Crippen molar-refractivity contribution in [2.45, 2.75) is 32.4 Å². The second-order valence-electron chi connectivity index (χ2n) is 3.87. The minimum absolute atomic E-state index is 0.0364. The Hall–Kier alpha value is -0.580. The van der Waals surface area contributed by atoms with Crippen molar-refractivity contribution in [1.82, 2.24) is 5.32 Å². The Balaban J connectivity index is 3.82. The second kappa shape index (κ2) is 5.34. The van der Waals surface area contributed by atoms with Crippen LogP contribution in [0, 0.1) is 5.92 Å². The van der Waals surface area contributed by atoms with Gasteiger partial charge in [0, 0.05) is 18.7 Å². The minimum atomic E-state index is -2.97. The van der Waals surface area contributed by atoms with Crippen molar-refractivity contribution in [3.05, 3.63) is 0 Å². The summed E-state index contributed by atoms with van der Waals surface area (Å²) >= 11 is 0. The largest absolute Gasteiger partial charge is 0.356 e. The number of sulfone groups is 1. The molecule has 0 aromatic carbocycles. The summed E-state index contributed by atoms with van der Waals surface area (Å²) in [5.41, 5.74) is 0. The van der Waals surface area contributed by atoms with Crippen molar-refractivity contribution in [3.8, 4) is 0 Å². The normalized spacial score (nSPS) is 14.1. The lowest BCUT2D eigenvalue weighted by Gasteiger charge is -2.11. The molecule has 14 heavy (non-hydrogen) atoms. The molecule has 0 heterocycles. The van der Waals surface area contributed by atoms with Crippen molar-refractivity contribution in [2.75, 3.05) is 12.8 Å². The average molecular weight is 221 g/mol. The molecule has 0 saturated carbocycles. The van der Waals surface area contributed by atoms with Crippen LogP contribution >= 0.6 is 0 Å². The fourth-order valence-corrected chi connectivity index (χ4v) is 1.36. The van der Waals surface area contributed by atoms with Crippen molar-refractivity contribution >= 4 is 15.7 Å². The number of amides is 1. The Labute approximate surface area is 86.0 Å². The Kier molecular flexibility index (Phi) is 5.12. The van der Waals surface area contributed by atoms with Gasteiger partial charge in [-0.25, -0.2) is 8.42 Å². The maximum atomic E-state index is 11.1. The van der Waals surface area contributed by atoms with Crippen LogP contribution in [0.2, 0.25) is 0 Å². The van der Waals surface area contributed by atoms with Gasteiger partial charge in [0.2, 0.25) is 5.91 Å². The Morgan fingerprint density at radius 2 is 1.79 bits per heavy atom. The summed E-state index contributed by atoms with van der Waals surface area (Å²) in [6.45, 7) is 5.67. The van der Waals surface area contributed by atoms with E-state index in [1.54, 1.807) is 20.8 Å². The van der Waals surface area contributed by atoms with E-state index in [1.807, 2.05) is 0 Å². The van der Waals surface area contributed by atoms with E-state index < -0.39 is 15.1 Å². The molecule has 0 aliphatic rings. The molecular formula is C9H19NO3S. The number of rotatable bonds is 5. The van der Waals surface area contributed by atoms with Gasteiger partial charge in [0.25, 0.3) is 0 Å². The molecule has 0 aromatic heterocycles.